The molecule has 0 saturated carbocycles. The lowest BCUT2D eigenvalue weighted by atomic mass is 10.2. The van der Waals surface area contributed by atoms with Crippen molar-refractivity contribution < 1.29 is 4.74 Å². The fourth-order valence-electron chi connectivity index (χ4n) is 2.46. The van der Waals surface area contributed by atoms with Crippen molar-refractivity contribution in [1.29, 1.82) is 0 Å². The van der Waals surface area contributed by atoms with Crippen LogP contribution in [0.25, 0.3) is 22.6 Å². The number of nitrogens with one attached hydrogen (secondary N) is 1. The first-order chi connectivity index (χ1) is 12.8. The Hall–Kier alpha value is -2.85. The van der Waals surface area contributed by atoms with Gasteiger partial charge in [-0.2, -0.15) is 0 Å². The molecule has 0 amide bonds. The summed E-state index contributed by atoms with van der Waals surface area (Å²) in [6, 6.07) is 21.5. The largest absolute Gasteiger partial charge is 0.489 e. The molecule has 1 N–H and O–H groups in total. The van der Waals surface area contributed by atoms with Gasteiger partial charge in [0.2, 0.25) is 0 Å². The number of fused-ring (bicyclic) bond motifs is 1. The minimum absolute atomic E-state index is 0.435. The number of nitrogens with zero attached hydrogens (tertiary/aromatic N) is 2. The average molecular weight is 366 g/mol. The van der Waals surface area contributed by atoms with Gasteiger partial charge in [0.05, 0.1) is 5.52 Å². The van der Waals surface area contributed by atoms with Crippen molar-refractivity contribution in [2.45, 2.75) is 20.5 Å². The Morgan fingerprint density at radius 2 is 1.62 bits per heavy atom. The highest BCUT2D eigenvalue weighted by molar-refractivity contribution is 6.29. The van der Waals surface area contributed by atoms with E-state index in [-0.39, 0.29) is 0 Å². The summed E-state index contributed by atoms with van der Waals surface area (Å²) in [7, 11) is 0. The Labute approximate surface area is 157 Å². The number of H-pyrrole nitrogens is 1. The normalized spacial score (nSPS) is 10.3. The molecule has 0 aliphatic heterocycles. The van der Waals surface area contributed by atoms with E-state index in [0.29, 0.717) is 17.4 Å². The van der Waals surface area contributed by atoms with Crippen LogP contribution in [0.2, 0.25) is 5.15 Å². The predicted molar refractivity (Wildman–Crippen MR) is 106 cm³/mol. The highest BCUT2D eigenvalue weighted by atomic mass is 35.5. The lowest BCUT2D eigenvalue weighted by Crippen LogP contribution is -1.94. The molecule has 0 aliphatic rings. The number of aromatic nitrogens is 3. The maximum Gasteiger partial charge on any atom is 0.179 e. The van der Waals surface area contributed by atoms with Gasteiger partial charge < -0.3 is 9.72 Å². The number of ether oxygens (including phenoxy) is 1. The number of benzene rings is 2. The Balaban J connectivity index is 0.000000948. The van der Waals surface area contributed by atoms with Gasteiger partial charge in [-0.15, -0.1) is 0 Å². The van der Waals surface area contributed by atoms with Crippen LogP contribution in [0.3, 0.4) is 0 Å². The van der Waals surface area contributed by atoms with Crippen LogP contribution in [-0.4, -0.2) is 15.0 Å². The number of rotatable bonds is 4. The average Bonchev–Trinajstić information content (AvgIpc) is 3.12. The maximum atomic E-state index is 5.90. The zero-order chi connectivity index (χ0) is 18.4. The van der Waals surface area contributed by atoms with E-state index in [1.165, 1.54) is 0 Å². The lowest BCUT2D eigenvalue weighted by molar-refractivity contribution is 0.306. The minimum atomic E-state index is 0.435. The van der Waals surface area contributed by atoms with Crippen molar-refractivity contribution in [1.82, 2.24) is 15.0 Å². The van der Waals surface area contributed by atoms with E-state index in [0.717, 1.165) is 28.2 Å². The molecule has 2 aromatic heterocycles. The predicted octanol–water partition coefficient (Wildman–Crippen LogP) is 5.88. The molecule has 2 heterocycles. The summed E-state index contributed by atoms with van der Waals surface area (Å²) in [6.45, 7) is 4.55. The van der Waals surface area contributed by atoms with Gasteiger partial charge in [-0.25, -0.2) is 9.97 Å². The van der Waals surface area contributed by atoms with Crippen LogP contribution >= 0.6 is 11.6 Å². The summed E-state index contributed by atoms with van der Waals surface area (Å²) in [5.74, 6) is 1.58. The number of imidazole rings is 1. The molecule has 0 spiro atoms. The van der Waals surface area contributed by atoms with Crippen molar-refractivity contribution in [3.05, 3.63) is 77.4 Å². The summed E-state index contributed by atoms with van der Waals surface area (Å²) >= 11 is 5.90. The Morgan fingerprint density at radius 3 is 2.35 bits per heavy atom. The van der Waals surface area contributed by atoms with Gasteiger partial charge in [-0.05, 0) is 42.0 Å². The number of hydrogen-bond donors (Lipinski definition) is 1. The van der Waals surface area contributed by atoms with Crippen LogP contribution in [0.1, 0.15) is 19.4 Å². The summed E-state index contributed by atoms with van der Waals surface area (Å²) in [6.07, 6.45) is 0. The van der Waals surface area contributed by atoms with Crippen molar-refractivity contribution in [3.63, 3.8) is 0 Å². The molecule has 4 aromatic rings. The van der Waals surface area contributed by atoms with Crippen molar-refractivity contribution in [2.24, 2.45) is 0 Å². The van der Waals surface area contributed by atoms with E-state index in [9.17, 15) is 0 Å². The third-order valence-electron chi connectivity index (χ3n) is 3.69. The van der Waals surface area contributed by atoms with E-state index in [4.69, 9.17) is 16.3 Å². The molecular weight excluding hydrogens is 346 g/mol. The lowest BCUT2D eigenvalue weighted by Gasteiger charge is -2.06. The van der Waals surface area contributed by atoms with Crippen molar-refractivity contribution in [2.75, 3.05) is 0 Å². The monoisotopic (exact) mass is 365 g/mol. The minimum Gasteiger partial charge on any atom is -0.489 e. The number of hydrogen-bond acceptors (Lipinski definition) is 3. The third kappa shape index (κ3) is 4.21. The second-order valence-corrected chi connectivity index (χ2v) is 5.78. The third-order valence-corrected chi connectivity index (χ3v) is 3.90. The second-order valence-electron chi connectivity index (χ2n) is 5.39. The fraction of sp³-hybridized carbons (Fsp3) is 0.143. The first-order valence-corrected chi connectivity index (χ1v) is 8.95. The summed E-state index contributed by atoms with van der Waals surface area (Å²) < 4.78 is 5.80. The summed E-state index contributed by atoms with van der Waals surface area (Å²) in [4.78, 5) is 11.9. The van der Waals surface area contributed by atoms with Crippen LogP contribution in [0.4, 0.5) is 0 Å². The molecule has 0 unspecified atom stereocenters. The molecule has 4 nitrogen and oxygen atoms in total. The van der Waals surface area contributed by atoms with E-state index in [2.05, 4.69) is 15.0 Å². The maximum absolute atomic E-state index is 5.90. The first kappa shape index (κ1) is 18.0. The SMILES string of the molecule is CC.Clc1ccc2[nH]c(-c3ccc(OCc4ccccc4)cc3)nc2n1. The first-order valence-electron chi connectivity index (χ1n) is 8.57. The molecule has 4 rings (SSSR count). The topological polar surface area (TPSA) is 50.8 Å². The van der Waals surface area contributed by atoms with Crippen LogP contribution < -0.4 is 4.74 Å². The highest BCUT2D eigenvalue weighted by Gasteiger charge is 2.07. The Kier molecular flexibility index (Phi) is 5.87. The highest BCUT2D eigenvalue weighted by Crippen LogP contribution is 2.23. The molecule has 0 fully saturated rings. The quantitative estimate of drug-likeness (QED) is 0.459. The van der Waals surface area contributed by atoms with Crippen LogP contribution in [0.15, 0.2) is 66.7 Å². The van der Waals surface area contributed by atoms with E-state index < -0.39 is 0 Å². The zero-order valence-electron chi connectivity index (χ0n) is 14.7. The molecule has 132 valence electrons. The Morgan fingerprint density at radius 1 is 0.885 bits per heavy atom. The number of aromatic amines is 1. The van der Waals surface area contributed by atoms with Gasteiger partial charge in [0.15, 0.2) is 5.65 Å². The van der Waals surface area contributed by atoms with Crippen LogP contribution in [0, 0.1) is 0 Å². The number of halogens is 1. The van der Waals surface area contributed by atoms with Gasteiger partial charge in [0, 0.05) is 5.56 Å². The molecule has 26 heavy (non-hydrogen) atoms. The Bertz CT molecular complexity index is 966. The fourth-order valence-corrected chi connectivity index (χ4v) is 2.60. The smallest absolute Gasteiger partial charge is 0.179 e. The van der Waals surface area contributed by atoms with Crippen LogP contribution in [0.5, 0.6) is 5.75 Å². The van der Waals surface area contributed by atoms with Crippen molar-refractivity contribution in [3.8, 4) is 17.1 Å². The van der Waals surface area contributed by atoms with E-state index >= 15 is 0 Å². The molecule has 0 saturated heterocycles. The van der Waals surface area contributed by atoms with Crippen molar-refractivity contribution >= 4 is 22.8 Å². The molecule has 2 aromatic carbocycles. The van der Waals surface area contributed by atoms with Gasteiger partial charge in [-0.1, -0.05) is 55.8 Å². The summed E-state index contributed by atoms with van der Waals surface area (Å²) in [5, 5.41) is 0.435. The molecule has 0 bridgehead atoms. The van der Waals surface area contributed by atoms with Gasteiger partial charge >= 0.3 is 0 Å². The van der Waals surface area contributed by atoms with E-state index in [1.807, 2.05) is 74.5 Å². The molecule has 0 atom stereocenters. The molecule has 0 aliphatic carbocycles. The van der Waals surface area contributed by atoms with Gasteiger partial charge in [0.1, 0.15) is 23.3 Å². The van der Waals surface area contributed by atoms with Gasteiger partial charge in [0.25, 0.3) is 0 Å². The van der Waals surface area contributed by atoms with E-state index in [1.54, 1.807) is 6.07 Å². The second kappa shape index (κ2) is 8.50. The molecule has 5 heteroatoms. The molecule has 0 radical (unpaired) electrons. The van der Waals surface area contributed by atoms with Gasteiger partial charge in [-0.3, -0.25) is 0 Å². The molecular formula is C21H20ClN3O. The standard InChI is InChI=1S/C19H14ClN3O.C2H6/c20-17-11-10-16-19(22-17)23-18(21-16)14-6-8-15(9-7-14)24-12-13-4-2-1-3-5-13;1-2/h1-11H,12H2,(H,21,22,23);1-2H3. The zero-order valence-corrected chi connectivity index (χ0v) is 15.5. The summed E-state index contributed by atoms with van der Waals surface area (Å²) in [5.41, 5.74) is 3.58. The number of pyridine rings is 1. The van der Waals surface area contributed by atoms with Crippen LogP contribution in [-0.2, 0) is 6.61 Å².